The minimum Gasteiger partial charge on any atom is -0.317 e. The summed E-state index contributed by atoms with van der Waals surface area (Å²) in [5, 5.41) is 0. The van der Waals surface area contributed by atoms with Crippen LogP contribution in [-0.4, -0.2) is 0 Å². The minimum absolute atomic E-state index is 0.303. The highest BCUT2D eigenvalue weighted by Crippen LogP contribution is 2.57. The average Bonchev–Trinajstić information content (AvgIpc) is 3.60. The van der Waals surface area contributed by atoms with E-state index in [0.29, 0.717) is 5.92 Å². The number of hydrogen-bond donors (Lipinski definition) is 0. The van der Waals surface area contributed by atoms with Crippen molar-refractivity contribution in [2.24, 2.45) is 0 Å². The molecule has 10 rings (SSSR count). The molecule has 0 heterocycles. The Balaban J connectivity index is 1.08. The van der Waals surface area contributed by atoms with Gasteiger partial charge in [0.25, 0.3) is 0 Å². The van der Waals surface area contributed by atoms with Crippen molar-refractivity contribution >= 4 is 29.6 Å². The lowest BCUT2D eigenvalue weighted by Crippen LogP contribution is -2.28. The lowest BCUT2D eigenvalue weighted by Gasteiger charge is -2.34. The predicted molar refractivity (Wildman–Crippen MR) is 245 cm³/mol. The van der Waals surface area contributed by atoms with Gasteiger partial charge >= 0.3 is 0 Å². The summed E-state index contributed by atoms with van der Waals surface area (Å²) in [6, 6.07) is 62.4. The maximum Gasteiger partial charge on any atom is 0.0714 e. The van der Waals surface area contributed by atoms with E-state index < -0.39 is 5.41 Å². The molecular weight excluding hydrogens is 699 g/mol. The summed E-state index contributed by atoms with van der Waals surface area (Å²) in [6.07, 6.45) is 25.5. The molecule has 0 spiro atoms. The van der Waals surface area contributed by atoms with Crippen LogP contribution in [0.3, 0.4) is 0 Å². The van der Waals surface area contributed by atoms with Crippen LogP contribution in [0.1, 0.15) is 68.0 Å². The third-order valence-electron chi connectivity index (χ3n) is 12.2. The Morgan fingerprint density at radius 2 is 1.19 bits per heavy atom. The van der Waals surface area contributed by atoms with E-state index in [1.807, 2.05) is 0 Å². The lowest BCUT2D eigenvalue weighted by molar-refractivity contribution is 0.768. The van der Waals surface area contributed by atoms with Crippen LogP contribution in [-0.2, 0) is 18.3 Å². The molecule has 1 unspecified atom stereocenters. The van der Waals surface area contributed by atoms with Crippen molar-refractivity contribution in [3.63, 3.8) is 0 Å². The van der Waals surface area contributed by atoms with Gasteiger partial charge in [0.15, 0.2) is 0 Å². The summed E-state index contributed by atoms with van der Waals surface area (Å²) in [4.78, 5) is 2.37. The van der Waals surface area contributed by atoms with Crippen molar-refractivity contribution in [1.29, 1.82) is 0 Å². The fourth-order valence-corrected chi connectivity index (χ4v) is 9.56. The molecule has 0 fully saturated rings. The molecule has 1 atom stereocenters. The number of rotatable bonds is 9. The van der Waals surface area contributed by atoms with Gasteiger partial charge in [-0.05, 0) is 116 Å². The van der Waals surface area contributed by atoms with Crippen molar-refractivity contribution in [3.8, 4) is 11.1 Å². The van der Waals surface area contributed by atoms with E-state index in [-0.39, 0.29) is 0 Å². The SMILES string of the molecule is C1=Cc2ccc3c(c2CC1)CC(c1cccc(N(/C=C/C=C\C=C\c2ccccc2)c2ccc4c(c2)C(c2ccccc2)(c2ccccc2)c2ccccc2-4)c1)C=C3. The van der Waals surface area contributed by atoms with Crippen molar-refractivity contribution in [2.45, 2.75) is 30.6 Å². The van der Waals surface area contributed by atoms with Crippen LogP contribution in [0.25, 0.3) is 29.4 Å². The van der Waals surface area contributed by atoms with E-state index in [1.165, 1.54) is 66.8 Å². The van der Waals surface area contributed by atoms with Crippen LogP contribution in [0, 0.1) is 0 Å². The van der Waals surface area contributed by atoms with Crippen molar-refractivity contribution in [2.75, 3.05) is 4.90 Å². The van der Waals surface area contributed by atoms with Crippen LogP contribution in [0.5, 0.6) is 0 Å². The summed E-state index contributed by atoms with van der Waals surface area (Å²) in [6.45, 7) is 0. The first-order valence-electron chi connectivity index (χ1n) is 20.6. The zero-order valence-corrected chi connectivity index (χ0v) is 32.6. The van der Waals surface area contributed by atoms with Crippen LogP contribution in [0.4, 0.5) is 11.4 Å². The van der Waals surface area contributed by atoms with Gasteiger partial charge in [-0.1, -0.05) is 194 Å². The molecule has 7 aromatic carbocycles. The summed E-state index contributed by atoms with van der Waals surface area (Å²) in [7, 11) is 0. The monoisotopic (exact) mass is 743 g/mol. The Labute approximate surface area is 343 Å². The number of benzene rings is 7. The average molecular weight is 744 g/mol. The third kappa shape index (κ3) is 6.39. The number of hydrogen-bond acceptors (Lipinski definition) is 1. The van der Waals surface area contributed by atoms with Gasteiger partial charge in [-0.25, -0.2) is 0 Å². The quantitative estimate of drug-likeness (QED) is 0.133. The van der Waals surface area contributed by atoms with E-state index in [0.717, 1.165) is 30.6 Å². The highest BCUT2D eigenvalue weighted by atomic mass is 15.1. The van der Waals surface area contributed by atoms with E-state index in [4.69, 9.17) is 0 Å². The molecule has 278 valence electrons. The Morgan fingerprint density at radius 3 is 1.98 bits per heavy atom. The van der Waals surface area contributed by atoms with Gasteiger partial charge in [0.1, 0.15) is 0 Å². The summed E-state index contributed by atoms with van der Waals surface area (Å²) in [5.74, 6) is 0.303. The van der Waals surface area contributed by atoms with E-state index in [9.17, 15) is 0 Å². The molecule has 0 saturated heterocycles. The molecule has 58 heavy (non-hydrogen) atoms. The highest BCUT2D eigenvalue weighted by Gasteiger charge is 2.46. The minimum atomic E-state index is -0.474. The largest absolute Gasteiger partial charge is 0.317 e. The van der Waals surface area contributed by atoms with Gasteiger partial charge < -0.3 is 4.90 Å². The first-order chi connectivity index (χ1) is 28.8. The lowest BCUT2D eigenvalue weighted by atomic mass is 9.67. The highest BCUT2D eigenvalue weighted by molar-refractivity contribution is 5.88. The molecule has 0 amide bonds. The molecule has 0 aromatic heterocycles. The van der Waals surface area contributed by atoms with Crippen molar-refractivity contribution in [1.82, 2.24) is 0 Å². The van der Waals surface area contributed by atoms with Crippen LogP contribution in [0.2, 0.25) is 0 Å². The van der Waals surface area contributed by atoms with E-state index in [2.05, 4.69) is 236 Å². The van der Waals surface area contributed by atoms with Crippen LogP contribution >= 0.6 is 0 Å². The summed E-state index contributed by atoms with van der Waals surface area (Å²) >= 11 is 0. The first kappa shape index (κ1) is 35.5. The smallest absolute Gasteiger partial charge is 0.0714 e. The maximum absolute atomic E-state index is 2.45. The molecule has 0 aliphatic heterocycles. The molecule has 3 aliphatic rings. The second-order valence-electron chi connectivity index (χ2n) is 15.5. The number of allylic oxidation sites excluding steroid dienone is 6. The second kappa shape index (κ2) is 15.5. The fraction of sp³-hybridized carbons (Fsp3) is 0.0877. The van der Waals surface area contributed by atoms with Gasteiger partial charge in [-0.3, -0.25) is 0 Å². The maximum atomic E-state index is 2.45. The molecule has 1 nitrogen and oxygen atoms in total. The van der Waals surface area contributed by atoms with Gasteiger partial charge in [0.05, 0.1) is 5.41 Å². The predicted octanol–water partition coefficient (Wildman–Crippen LogP) is 14.3. The number of anilines is 2. The van der Waals surface area contributed by atoms with Gasteiger partial charge in [0, 0.05) is 23.5 Å². The van der Waals surface area contributed by atoms with Crippen molar-refractivity contribution < 1.29 is 0 Å². The molecule has 7 aromatic rings. The third-order valence-corrected chi connectivity index (χ3v) is 12.2. The Hall–Kier alpha value is -6.96. The summed E-state index contributed by atoms with van der Waals surface area (Å²) < 4.78 is 0. The normalized spacial score (nSPS) is 16.0. The van der Waals surface area contributed by atoms with Gasteiger partial charge in [-0.15, -0.1) is 0 Å². The Bertz CT molecular complexity index is 2710. The fourth-order valence-electron chi connectivity index (χ4n) is 9.56. The number of nitrogens with zero attached hydrogens (tertiary/aromatic N) is 1. The first-order valence-corrected chi connectivity index (χ1v) is 20.6. The van der Waals surface area contributed by atoms with E-state index in [1.54, 1.807) is 0 Å². The number of fused-ring (bicyclic) bond motifs is 6. The van der Waals surface area contributed by atoms with Gasteiger partial charge in [-0.2, -0.15) is 0 Å². The molecule has 3 aliphatic carbocycles. The molecule has 0 radical (unpaired) electrons. The second-order valence-corrected chi connectivity index (χ2v) is 15.5. The van der Waals surface area contributed by atoms with E-state index >= 15 is 0 Å². The molecule has 0 N–H and O–H groups in total. The van der Waals surface area contributed by atoms with Crippen LogP contribution < -0.4 is 4.90 Å². The molecule has 1 heteroatoms. The zero-order chi connectivity index (χ0) is 38.7. The Morgan fingerprint density at radius 1 is 0.517 bits per heavy atom. The molecule has 0 saturated carbocycles. The zero-order valence-electron chi connectivity index (χ0n) is 32.6. The Kier molecular flexibility index (Phi) is 9.49. The standard InChI is InChI=1S/C57H45N/c1(6-19-42-20-7-3-8-21-42)2-17-38-58(49-28-18-23-45(39-49)46-35-34-44-33-32-43-22-13-14-29-51(43)54(44)40-46)50-36-37-53-52-30-15-16-31-55(52)57(56(53)41-50,47-24-9-4-10-25-47)48-26-11-5-12-27-48/h1-13,15-28,30-39,41,46H,14,29,40H2/b2-1-,19-6+,38-17+. The van der Waals surface area contributed by atoms with Crippen LogP contribution in [0.15, 0.2) is 213 Å². The molecule has 0 bridgehead atoms. The topological polar surface area (TPSA) is 3.24 Å². The van der Waals surface area contributed by atoms with Gasteiger partial charge in [0.2, 0.25) is 0 Å². The van der Waals surface area contributed by atoms with Crippen molar-refractivity contribution in [3.05, 3.63) is 268 Å². The summed E-state index contributed by atoms with van der Waals surface area (Å²) in [5.41, 5.74) is 17.8. The molecular formula is C57H45N.